The minimum atomic E-state index is -0.00654. The van der Waals surface area contributed by atoms with Crippen molar-refractivity contribution in [3.63, 3.8) is 0 Å². The molecule has 0 aliphatic carbocycles. The summed E-state index contributed by atoms with van der Waals surface area (Å²) >= 11 is 1.55. The summed E-state index contributed by atoms with van der Waals surface area (Å²) in [4.78, 5) is 11.7. The van der Waals surface area contributed by atoms with Gasteiger partial charge in [0.25, 0.3) is 0 Å². The van der Waals surface area contributed by atoms with Gasteiger partial charge < -0.3 is 11.1 Å². The van der Waals surface area contributed by atoms with Crippen LogP contribution < -0.4 is 11.1 Å². The van der Waals surface area contributed by atoms with Crippen molar-refractivity contribution >= 4 is 23.5 Å². The second kappa shape index (κ2) is 7.89. The lowest BCUT2D eigenvalue weighted by molar-refractivity contribution is -0.120. The van der Waals surface area contributed by atoms with Gasteiger partial charge in [0.1, 0.15) is 5.82 Å². The number of para-hydroxylation sites is 1. The van der Waals surface area contributed by atoms with Crippen LogP contribution in [-0.4, -0.2) is 33.7 Å². The number of nitrogens with one attached hydrogen (secondary N) is 1. The van der Waals surface area contributed by atoms with Gasteiger partial charge in [0.2, 0.25) is 5.91 Å². The summed E-state index contributed by atoms with van der Waals surface area (Å²) in [5, 5.41) is 7.45. The number of hydrogen-bond acceptors (Lipinski definition) is 4. The normalized spacial score (nSPS) is 12.1. The summed E-state index contributed by atoms with van der Waals surface area (Å²) in [6, 6.07) is 11.7. The summed E-state index contributed by atoms with van der Waals surface area (Å²) in [6.07, 6.45) is 3.57. The van der Waals surface area contributed by atoms with E-state index in [0.717, 1.165) is 24.2 Å². The van der Waals surface area contributed by atoms with Crippen LogP contribution in [0.3, 0.4) is 0 Å². The number of carbonyl (C=O) groups excluding carboxylic acids is 1. The molecule has 118 valence electrons. The Bertz CT molecular complexity index is 612. The predicted molar refractivity (Wildman–Crippen MR) is 92.3 cm³/mol. The molecule has 1 aromatic carbocycles. The smallest absolute Gasteiger partial charge is 0.232 e. The molecule has 1 amide bonds. The molecule has 1 aromatic heterocycles. The summed E-state index contributed by atoms with van der Waals surface area (Å²) in [5.74, 6) is 0.711. The highest BCUT2D eigenvalue weighted by Crippen LogP contribution is 2.15. The molecule has 0 aliphatic rings. The van der Waals surface area contributed by atoms with E-state index in [9.17, 15) is 4.79 Å². The summed E-state index contributed by atoms with van der Waals surface area (Å²) in [7, 11) is 0. The van der Waals surface area contributed by atoms with E-state index in [0.29, 0.717) is 12.4 Å². The molecule has 6 heteroatoms. The fraction of sp³-hybridized carbons (Fsp3) is 0.375. The molecule has 0 bridgehead atoms. The number of benzene rings is 1. The number of aryl methyl sites for hydroxylation is 1. The number of carbonyl (C=O) groups is 1. The molecule has 0 aliphatic heterocycles. The van der Waals surface area contributed by atoms with E-state index in [1.807, 2.05) is 49.6 Å². The van der Waals surface area contributed by atoms with Gasteiger partial charge in [-0.2, -0.15) is 16.9 Å². The van der Waals surface area contributed by atoms with Crippen molar-refractivity contribution < 1.29 is 4.79 Å². The van der Waals surface area contributed by atoms with Gasteiger partial charge in [-0.1, -0.05) is 18.2 Å². The third kappa shape index (κ3) is 4.27. The van der Waals surface area contributed by atoms with Gasteiger partial charge in [-0.25, -0.2) is 4.68 Å². The van der Waals surface area contributed by atoms with Crippen LogP contribution in [0.2, 0.25) is 0 Å². The first-order chi connectivity index (χ1) is 10.6. The van der Waals surface area contributed by atoms with E-state index in [-0.39, 0.29) is 11.2 Å². The molecule has 2 rings (SSSR count). The van der Waals surface area contributed by atoms with Gasteiger partial charge >= 0.3 is 0 Å². The largest absolute Gasteiger partial charge is 0.384 e. The van der Waals surface area contributed by atoms with Crippen molar-refractivity contribution in [3.8, 4) is 5.69 Å². The molecule has 0 saturated heterocycles. The van der Waals surface area contributed by atoms with Crippen LogP contribution in [0.15, 0.2) is 36.4 Å². The van der Waals surface area contributed by atoms with Crippen LogP contribution in [-0.2, 0) is 11.2 Å². The molecule has 1 atom stereocenters. The number of nitrogens with zero attached hydrogens (tertiary/aromatic N) is 2. The molecule has 0 spiro atoms. The molecule has 5 nitrogen and oxygen atoms in total. The minimum Gasteiger partial charge on any atom is -0.384 e. The average Bonchev–Trinajstić information content (AvgIpc) is 2.92. The molecular weight excluding hydrogens is 296 g/mol. The molecular formula is C16H22N4OS. The molecule has 0 radical (unpaired) electrons. The first-order valence-electron chi connectivity index (χ1n) is 7.32. The molecule has 0 saturated carbocycles. The summed E-state index contributed by atoms with van der Waals surface area (Å²) < 4.78 is 1.74. The number of nitrogens with two attached hydrogens (primary N) is 1. The number of nitrogen functional groups attached to an aromatic ring is 1. The Morgan fingerprint density at radius 3 is 2.82 bits per heavy atom. The van der Waals surface area contributed by atoms with E-state index in [4.69, 9.17) is 5.73 Å². The van der Waals surface area contributed by atoms with Gasteiger partial charge in [-0.15, -0.1) is 0 Å². The number of rotatable bonds is 7. The van der Waals surface area contributed by atoms with Gasteiger partial charge in [0.05, 0.1) is 16.6 Å². The van der Waals surface area contributed by atoms with Crippen molar-refractivity contribution in [2.75, 3.05) is 18.5 Å². The standard InChI is InChI=1S/C16H22N4OS/c1-12(22-2)16(21)18-10-6-7-13-11-15(17)20(19-13)14-8-4-3-5-9-14/h3-5,8-9,11-12H,6-7,10,17H2,1-2H3,(H,18,21). The second-order valence-electron chi connectivity index (χ2n) is 5.08. The highest BCUT2D eigenvalue weighted by atomic mass is 32.2. The fourth-order valence-corrected chi connectivity index (χ4v) is 2.37. The number of aromatic nitrogens is 2. The monoisotopic (exact) mass is 318 g/mol. The van der Waals surface area contributed by atoms with E-state index < -0.39 is 0 Å². The summed E-state index contributed by atoms with van der Waals surface area (Å²) in [5.41, 5.74) is 7.90. The van der Waals surface area contributed by atoms with Crippen LogP contribution in [0, 0.1) is 0 Å². The lowest BCUT2D eigenvalue weighted by Crippen LogP contribution is -2.31. The maximum Gasteiger partial charge on any atom is 0.232 e. The minimum absolute atomic E-state index is 0.00654. The lowest BCUT2D eigenvalue weighted by atomic mass is 10.2. The zero-order valence-electron chi connectivity index (χ0n) is 13.0. The Morgan fingerprint density at radius 2 is 2.14 bits per heavy atom. The average molecular weight is 318 g/mol. The second-order valence-corrected chi connectivity index (χ2v) is 6.26. The van der Waals surface area contributed by atoms with Crippen molar-refractivity contribution in [1.82, 2.24) is 15.1 Å². The quantitative estimate of drug-likeness (QED) is 0.768. The van der Waals surface area contributed by atoms with Crippen LogP contribution >= 0.6 is 11.8 Å². The topological polar surface area (TPSA) is 72.9 Å². The van der Waals surface area contributed by atoms with Gasteiger partial charge in [-0.05, 0) is 38.2 Å². The Labute approximate surface area is 135 Å². The van der Waals surface area contributed by atoms with E-state index in [1.54, 1.807) is 16.4 Å². The number of anilines is 1. The Kier molecular flexibility index (Phi) is 5.89. The Hall–Kier alpha value is -1.95. The zero-order valence-corrected chi connectivity index (χ0v) is 13.8. The number of amides is 1. The van der Waals surface area contributed by atoms with Crippen LogP contribution in [0.1, 0.15) is 19.0 Å². The van der Waals surface area contributed by atoms with Crippen LogP contribution in [0.4, 0.5) is 5.82 Å². The van der Waals surface area contributed by atoms with Gasteiger partial charge in [0, 0.05) is 12.6 Å². The number of thioether (sulfide) groups is 1. The maximum absolute atomic E-state index is 11.7. The molecule has 3 N–H and O–H groups in total. The fourth-order valence-electron chi connectivity index (χ4n) is 2.08. The van der Waals surface area contributed by atoms with Crippen molar-refractivity contribution in [2.24, 2.45) is 0 Å². The first kappa shape index (κ1) is 16.4. The predicted octanol–water partition coefficient (Wildman–Crippen LogP) is 2.25. The van der Waals surface area contributed by atoms with Crippen LogP contribution in [0.25, 0.3) is 5.69 Å². The van der Waals surface area contributed by atoms with Gasteiger partial charge in [-0.3, -0.25) is 4.79 Å². The number of hydrogen-bond donors (Lipinski definition) is 2. The Balaban J connectivity index is 1.86. The molecule has 0 fully saturated rings. The highest BCUT2D eigenvalue weighted by molar-refractivity contribution is 7.99. The third-order valence-corrected chi connectivity index (χ3v) is 4.34. The van der Waals surface area contributed by atoms with Gasteiger partial charge in [0.15, 0.2) is 0 Å². The third-order valence-electron chi connectivity index (χ3n) is 3.42. The van der Waals surface area contributed by atoms with Crippen molar-refractivity contribution in [2.45, 2.75) is 25.0 Å². The van der Waals surface area contributed by atoms with E-state index >= 15 is 0 Å². The maximum atomic E-state index is 11.7. The lowest BCUT2D eigenvalue weighted by Gasteiger charge is -2.08. The molecule has 22 heavy (non-hydrogen) atoms. The molecule has 1 heterocycles. The van der Waals surface area contributed by atoms with E-state index in [1.165, 1.54) is 0 Å². The molecule has 1 unspecified atom stereocenters. The van der Waals surface area contributed by atoms with Crippen LogP contribution in [0.5, 0.6) is 0 Å². The SMILES string of the molecule is CSC(C)C(=O)NCCCc1cc(N)n(-c2ccccc2)n1. The highest BCUT2D eigenvalue weighted by Gasteiger charge is 2.10. The van der Waals surface area contributed by atoms with E-state index in [2.05, 4.69) is 10.4 Å². The Morgan fingerprint density at radius 1 is 1.41 bits per heavy atom. The zero-order chi connectivity index (χ0) is 15.9. The molecule has 2 aromatic rings. The van der Waals surface area contributed by atoms with Crippen molar-refractivity contribution in [3.05, 3.63) is 42.1 Å². The summed E-state index contributed by atoms with van der Waals surface area (Å²) in [6.45, 7) is 2.56. The van der Waals surface area contributed by atoms with Crippen molar-refractivity contribution in [1.29, 1.82) is 0 Å². The first-order valence-corrected chi connectivity index (χ1v) is 8.61.